The van der Waals surface area contributed by atoms with Crippen LogP contribution in [0.25, 0.3) is 0 Å². The normalized spacial score (nSPS) is 13.1. The lowest BCUT2D eigenvalue weighted by Gasteiger charge is -2.47. The molecule has 0 fully saturated rings. The van der Waals surface area contributed by atoms with E-state index in [1.807, 2.05) is 0 Å². The number of hydrogen-bond acceptors (Lipinski definition) is 9. The second-order valence-corrected chi connectivity index (χ2v) is 32.8. The molecule has 6 aliphatic heterocycles. The zero-order chi connectivity index (χ0) is 81.5. The van der Waals surface area contributed by atoms with Crippen LogP contribution in [0, 0.1) is 20.8 Å². The first-order valence-electron chi connectivity index (χ1n) is 42.6. The van der Waals surface area contributed by atoms with Crippen molar-refractivity contribution < 1.29 is 4.74 Å². The number of benzene rings is 18. The third-order valence-electron chi connectivity index (χ3n) is 25.9. The number of nitrogens with zero attached hydrogens (tertiary/aromatic N) is 8. The molecular formula is C111H79B3N8O. The van der Waals surface area contributed by atoms with Gasteiger partial charge in [0, 0.05) is 132 Å². The van der Waals surface area contributed by atoms with Gasteiger partial charge in [0.2, 0.25) is 0 Å². The van der Waals surface area contributed by atoms with Gasteiger partial charge < -0.3 is 43.9 Å². The molecule has 0 saturated heterocycles. The van der Waals surface area contributed by atoms with E-state index in [0.717, 1.165) is 176 Å². The second-order valence-electron chi connectivity index (χ2n) is 32.8. The quantitative estimate of drug-likeness (QED) is 0.0990. The fraction of sp³-hybridized carbons (Fsp3) is 0.0270. The van der Waals surface area contributed by atoms with Crippen molar-refractivity contribution in [2.45, 2.75) is 20.8 Å². The lowest BCUT2D eigenvalue weighted by atomic mass is 9.29. The molecule has 123 heavy (non-hydrogen) atoms. The van der Waals surface area contributed by atoms with Crippen LogP contribution in [-0.4, -0.2) is 20.1 Å². The molecule has 24 rings (SSSR count). The largest absolute Gasteiger partial charge is 0.458 e. The minimum absolute atomic E-state index is 0.264. The first kappa shape index (κ1) is 71.5. The van der Waals surface area contributed by atoms with Gasteiger partial charge in [-0.15, -0.1) is 0 Å². The van der Waals surface area contributed by atoms with Gasteiger partial charge in [-0.3, -0.25) is 0 Å². The Morgan fingerprint density at radius 1 is 0.179 bits per heavy atom. The maximum absolute atomic E-state index is 8.21. The van der Waals surface area contributed by atoms with Crippen LogP contribution in [0.3, 0.4) is 0 Å². The third-order valence-corrected chi connectivity index (χ3v) is 25.9. The molecule has 0 bridgehead atoms. The van der Waals surface area contributed by atoms with Gasteiger partial charge in [-0.2, -0.15) is 0 Å². The van der Waals surface area contributed by atoms with Crippen molar-refractivity contribution in [2.24, 2.45) is 0 Å². The van der Waals surface area contributed by atoms with Crippen LogP contribution in [0.15, 0.2) is 425 Å². The lowest BCUT2D eigenvalue weighted by Crippen LogP contribution is -2.66. The Bertz CT molecular complexity index is 7100. The van der Waals surface area contributed by atoms with E-state index in [-0.39, 0.29) is 13.4 Å². The second kappa shape index (κ2) is 28.8. The molecular weight excluding hydrogens is 1490 g/mol. The van der Waals surface area contributed by atoms with Gasteiger partial charge in [-0.25, -0.2) is 0 Å². The highest BCUT2D eigenvalue weighted by molar-refractivity contribution is 7.04. The number of ether oxygens (including phenoxy) is 1. The Morgan fingerprint density at radius 3 is 0.780 bits per heavy atom. The summed E-state index contributed by atoms with van der Waals surface area (Å²) >= 11 is 0. The van der Waals surface area contributed by atoms with E-state index in [0.29, 0.717) is 0 Å². The predicted octanol–water partition coefficient (Wildman–Crippen LogP) is 23.6. The fourth-order valence-corrected chi connectivity index (χ4v) is 20.7. The molecule has 18 aromatic carbocycles. The van der Waals surface area contributed by atoms with E-state index < -0.39 is 6.71 Å². The summed E-state index contributed by atoms with van der Waals surface area (Å²) < 4.78 is 8.21. The van der Waals surface area contributed by atoms with Crippen molar-refractivity contribution >= 4 is 206 Å². The molecule has 0 atom stereocenters. The van der Waals surface area contributed by atoms with Crippen LogP contribution < -0.4 is 93.1 Å². The number of rotatable bonds is 14. The molecule has 0 saturated carbocycles. The molecule has 0 spiro atoms. The topological polar surface area (TPSA) is 35.2 Å². The van der Waals surface area contributed by atoms with Gasteiger partial charge in [0.15, 0.2) is 0 Å². The minimum atomic E-state index is -0.402. The third kappa shape index (κ3) is 11.4. The highest BCUT2D eigenvalue weighted by Crippen LogP contribution is 2.55. The molecule has 0 N–H and O–H groups in total. The van der Waals surface area contributed by atoms with Gasteiger partial charge in [0.25, 0.3) is 20.1 Å². The first-order chi connectivity index (χ1) is 60.8. The monoisotopic (exact) mass is 1570 g/mol. The van der Waals surface area contributed by atoms with Crippen molar-refractivity contribution in [3.63, 3.8) is 0 Å². The van der Waals surface area contributed by atoms with Crippen LogP contribution >= 0.6 is 0 Å². The van der Waals surface area contributed by atoms with E-state index in [4.69, 9.17) is 4.74 Å². The number of aryl methyl sites for hydroxylation is 3. The standard InChI is InChI=1S/C111H79B3N8O/c1-74-38-28-33-59-94(74)120-99-72-100-91(70-90(99)112-88-57-31-36-62-97(88)118(83-53-24-10-25-54-83)102-64-85(66-104(120)109(102)112)115(77-41-12-4-13-42-77)78-43-14-5-15-44-78)114-93-71-92-101(73-107(93)123-108-69-87(68-106(111(108)114)121(100)95-60-34-29-39-75(95)2)117(81-49-20-8-21-50-81)82-51-22-9-23-52-82)122(96-61-35-30-40-76(96)3)105-67-86(116(79-45-16-6-17-46-79)80-47-18-7-19-48-80)65-103-110(105)113(92)89-58-32-37-63-98(89)119(103)84-55-26-11-27-56-84/h4-73H,1-3H3. The summed E-state index contributed by atoms with van der Waals surface area (Å²) in [5.41, 5.74) is 39.7. The molecule has 0 amide bonds. The zero-order valence-electron chi connectivity index (χ0n) is 68.1. The van der Waals surface area contributed by atoms with E-state index in [9.17, 15) is 0 Å². The first-order valence-corrected chi connectivity index (χ1v) is 42.6. The Hall–Kier alpha value is -15.6. The summed E-state index contributed by atoms with van der Waals surface area (Å²) in [6, 6.07) is 157. The summed E-state index contributed by atoms with van der Waals surface area (Å²) in [6.45, 7) is 5.88. The van der Waals surface area contributed by atoms with Gasteiger partial charge in [0.1, 0.15) is 11.5 Å². The maximum atomic E-state index is 8.21. The van der Waals surface area contributed by atoms with Crippen molar-refractivity contribution in [1.29, 1.82) is 0 Å². The summed E-state index contributed by atoms with van der Waals surface area (Å²) in [5.74, 6) is 1.58. The Balaban J connectivity index is 0.824. The molecule has 6 aliphatic rings. The predicted molar refractivity (Wildman–Crippen MR) is 519 cm³/mol. The Morgan fingerprint density at radius 2 is 0.439 bits per heavy atom. The summed E-state index contributed by atoms with van der Waals surface area (Å²) in [5, 5.41) is 0. The van der Waals surface area contributed by atoms with Gasteiger partial charge >= 0.3 is 0 Å². The molecule has 0 aromatic heterocycles. The summed E-state index contributed by atoms with van der Waals surface area (Å²) in [6.07, 6.45) is 0. The molecule has 6 heterocycles. The van der Waals surface area contributed by atoms with Crippen LogP contribution in [0.5, 0.6) is 11.5 Å². The molecule has 0 radical (unpaired) electrons. The van der Waals surface area contributed by atoms with Gasteiger partial charge in [-0.05, 0) is 250 Å². The Labute approximate surface area is 718 Å². The number of fused-ring (bicyclic) bond motifs is 12. The lowest BCUT2D eigenvalue weighted by molar-refractivity contribution is 0.488. The summed E-state index contributed by atoms with van der Waals surface area (Å²) in [4.78, 5) is 20.1. The number of hydrogen-bond donors (Lipinski definition) is 0. The molecule has 0 unspecified atom stereocenters. The van der Waals surface area contributed by atoms with E-state index in [2.05, 4.69) is 485 Å². The van der Waals surface area contributed by atoms with Gasteiger partial charge in [-0.1, -0.05) is 249 Å². The zero-order valence-corrected chi connectivity index (χ0v) is 68.1. The van der Waals surface area contributed by atoms with Crippen molar-refractivity contribution in [2.75, 3.05) is 39.2 Å². The molecule has 9 nitrogen and oxygen atoms in total. The molecule has 578 valence electrons. The average Bonchev–Trinajstić information content (AvgIpc) is 0.683. The highest BCUT2D eigenvalue weighted by atomic mass is 16.5. The number of para-hydroxylation sites is 13. The smallest absolute Gasteiger partial charge is 0.256 e. The van der Waals surface area contributed by atoms with Crippen molar-refractivity contribution in [1.82, 2.24) is 0 Å². The van der Waals surface area contributed by atoms with E-state index in [1.54, 1.807) is 0 Å². The van der Waals surface area contributed by atoms with E-state index in [1.165, 1.54) is 38.2 Å². The molecule has 0 aliphatic carbocycles. The number of anilines is 24. The van der Waals surface area contributed by atoms with Crippen LogP contribution in [0.4, 0.5) is 136 Å². The summed E-state index contributed by atoms with van der Waals surface area (Å²) in [7, 11) is 0. The van der Waals surface area contributed by atoms with Crippen LogP contribution in [0.1, 0.15) is 16.7 Å². The van der Waals surface area contributed by atoms with E-state index >= 15 is 0 Å². The van der Waals surface area contributed by atoms with Crippen LogP contribution in [-0.2, 0) is 0 Å². The fourth-order valence-electron chi connectivity index (χ4n) is 20.7. The molecule has 12 heteroatoms. The van der Waals surface area contributed by atoms with Crippen molar-refractivity contribution in [3.8, 4) is 11.5 Å². The van der Waals surface area contributed by atoms with Gasteiger partial charge in [0.05, 0.1) is 17.1 Å². The average molecular weight is 1570 g/mol. The Kier molecular flexibility index (Phi) is 16.8. The highest BCUT2D eigenvalue weighted by Gasteiger charge is 2.52. The maximum Gasteiger partial charge on any atom is 0.256 e. The van der Waals surface area contributed by atoms with Crippen molar-refractivity contribution in [3.05, 3.63) is 441 Å². The van der Waals surface area contributed by atoms with Crippen LogP contribution in [0.2, 0.25) is 0 Å². The SMILES string of the molecule is Cc1ccccc1N1c2cc3c(cc2B2c4cc5c(cc4Oc4cc(N(c6ccccc6)c6ccccc6)cc1c42)N(c1ccccc1C)c1cc(N(c2ccccc2)c2ccccc2)cc2c1B5c1ccccc1N2c1ccccc1)B1c2ccccc2N(c2ccccc2)c2cc(N(c4ccccc4)c4ccccc4)cc(c21)N3c1ccccc1C. The molecule has 18 aromatic rings. The minimum Gasteiger partial charge on any atom is -0.458 e.